The molecule has 0 aromatic heterocycles. The Balaban J connectivity index is 2.07. The van der Waals surface area contributed by atoms with E-state index in [-0.39, 0.29) is 0 Å². The Labute approximate surface area is 196 Å². The summed E-state index contributed by atoms with van der Waals surface area (Å²) in [6.07, 6.45) is 12.9. The molecular formula is C29H54OSi. The van der Waals surface area contributed by atoms with E-state index < -0.39 is 8.32 Å². The van der Waals surface area contributed by atoms with Crippen LogP contribution in [0.15, 0.2) is 23.3 Å². The van der Waals surface area contributed by atoms with Gasteiger partial charge in [-0.1, -0.05) is 85.6 Å². The van der Waals surface area contributed by atoms with E-state index in [1.807, 2.05) is 0 Å². The molecule has 0 aromatic rings. The maximum Gasteiger partial charge on any atom is 0.200 e. The van der Waals surface area contributed by atoms with Gasteiger partial charge >= 0.3 is 0 Å². The first-order valence-corrected chi connectivity index (χ1v) is 15.4. The van der Waals surface area contributed by atoms with Gasteiger partial charge in [0.1, 0.15) is 0 Å². The van der Waals surface area contributed by atoms with Gasteiger partial charge in [-0.05, 0) is 91.7 Å². The van der Waals surface area contributed by atoms with Gasteiger partial charge in [0, 0.05) is 0 Å². The van der Waals surface area contributed by atoms with Gasteiger partial charge in [-0.2, -0.15) is 0 Å². The second-order valence-corrected chi connectivity index (χ2v) is 18.0. The van der Waals surface area contributed by atoms with Crippen molar-refractivity contribution < 1.29 is 4.43 Å². The molecule has 0 N–H and O–H groups in total. The van der Waals surface area contributed by atoms with Gasteiger partial charge in [-0.3, -0.25) is 0 Å². The number of rotatable bonds is 9. The van der Waals surface area contributed by atoms with Crippen LogP contribution in [0.4, 0.5) is 0 Å². The number of allylic oxidation sites excluding steroid dienone is 3. The fraction of sp³-hybridized carbons (Fsp3) is 0.862. The van der Waals surface area contributed by atoms with E-state index in [4.69, 9.17) is 4.43 Å². The molecule has 0 spiro atoms. The van der Waals surface area contributed by atoms with E-state index in [9.17, 15) is 0 Å². The summed E-state index contributed by atoms with van der Waals surface area (Å²) >= 11 is 0. The third kappa shape index (κ3) is 5.11. The largest absolute Gasteiger partial charge is 0.412 e. The van der Waals surface area contributed by atoms with Crippen molar-refractivity contribution in [2.24, 2.45) is 22.7 Å². The Bertz CT molecular complexity index is 636. The van der Waals surface area contributed by atoms with E-state index in [0.717, 1.165) is 18.4 Å². The van der Waals surface area contributed by atoms with Crippen LogP contribution in [0.5, 0.6) is 0 Å². The number of fused-ring (bicyclic) bond motifs is 1. The van der Waals surface area contributed by atoms with Gasteiger partial charge in [0.25, 0.3) is 0 Å². The lowest BCUT2D eigenvalue weighted by molar-refractivity contribution is -0.0466. The Hall–Kier alpha value is -0.343. The monoisotopic (exact) mass is 446 g/mol. The van der Waals surface area contributed by atoms with Crippen LogP contribution in [0.2, 0.25) is 16.6 Å². The first kappa shape index (κ1) is 26.9. The summed E-state index contributed by atoms with van der Waals surface area (Å²) < 4.78 is 6.79. The molecule has 4 atom stereocenters. The highest BCUT2D eigenvalue weighted by molar-refractivity contribution is 6.77. The van der Waals surface area contributed by atoms with Gasteiger partial charge in [0.2, 0.25) is 8.32 Å². The van der Waals surface area contributed by atoms with Crippen molar-refractivity contribution in [2.45, 2.75) is 131 Å². The van der Waals surface area contributed by atoms with Crippen molar-refractivity contribution in [3.63, 3.8) is 0 Å². The van der Waals surface area contributed by atoms with Gasteiger partial charge in [0.15, 0.2) is 0 Å². The molecule has 2 aliphatic carbocycles. The van der Waals surface area contributed by atoms with Crippen LogP contribution in [0.25, 0.3) is 0 Å². The SMILES string of the molecule is CC1=CCC[C@@H]2[C@@](C)(CC/C(C)=C/CO[Si](C(C)C)(C(C)C)C(C)C)[C@H](C)CC[C@@]12C. The molecule has 0 aromatic carbocycles. The van der Waals surface area contributed by atoms with Crippen molar-refractivity contribution in [3.05, 3.63) is 23.3 Å². The molecule has 0 heterocycles. The summed E-state index contributed by atoms with van der Waals surface area (Å²) in [5, 5.41) is 0. The minimum Gasteiger partial charge on any atom is -0.412 e. The third-order valence-corrected chi connectivity index (χ3v) is 16.2. The Kier molecular flexibility index (Phi) is 8.93. The zero-order valence-corrected chi connectivity index (χ0v) is 23.9. The fourth-order valence-corrected chi connectivity index (χ4v) is 13.1. The highest BCUT2D eigenvalue weighted by atomic mass is 28.4. The average Bonchev–Trinajstić information content (AvgIpc) is 2.68. The maximum atomic E-state index is 6.79. The molecule has 0 bridgehead atoms. The van der Waals surface area contributed by atoms with Crippen molar-refractivity contribution in [3.8, 4) is 0 Å². The second kappa shape index (κ2) is 10.3. The van der Waals surface area contributed by atoms with Crippen LogP contribution in [0, 0.1) is 22.7 Å². The molecule has 1 fully saturated rings. The predicted molar refractivity (Wildman–Crippen MR) is 141 cm³/mol. The van der Waals surface area contributed by atoms with Gasteiger partial charge in [-0.25, -0.2) is 0 Å². The topological polar surface area (TPSA) is 9.23 Å². The summed E-state index contributed by atoms with van der Waals surface area (Å²) in [5.74, 6) is 1.66. The molecule has 1 saturated carbocycles. The maximum absolute atomic E-state index is 6.79. The summed E-state index contributed by atoms with van der Waals surface area (Å²) in [4.78, 5) is 0. The molecule has 0 radical (unpaired) electrons. The highest BCUT2D eigenvalue weighted by Crippen LogP contribution is 2.61. The highest BCUT2D eigenvalue weighted by Gasteiger charge is 2.52. The van der Waals surface area contributed by atoms with Crippen molar-refractivity contribution in [1.29, 1.82) is 0 Å². The lowest BCUT2D eigenvalue weighted by Gasteiger charge is -2.58. The van der Waals surface area contributed by atoms with Crippen LogP contribution in [-0.2, 0) is 4.43 Å². The Morgan fingerprint density at radius 3 is 2.23 bits per heavy atom. The molecule has 2 rings (SSSR count). The standard InChI is InChI=1S/C29H54OSi/c1-21(2)31(22(3)4,23(5)6)30-20-17-24(7)15-18-28(10)26(9)16-19-29(11)25(8)13-12-14-27(28)29/h13,17,21-23,26-27H,12,14-16,18-20H2,1-11H3/b24-17+/t26-,27-,28+,29+/m1/s1. The van der Waals surface area contributed by atoms with E-state index >= 15 is 0 Å². The summed E-state index contributed by atoms with van der Waals surface area (Å²) in [6, 6.07) is 0. The van der Waals surface area contributed by atoms with Gasteiger partial charge in [-0.15, -0.1) is 0 Å². The molecule has 2 heteroatoms. The molecule has 180 valence electrons. The smallest absolute Gasteiger partial charge is 0.200 e. The fourth-order valence-electron chi connectivity index (χ4n) is 7.73. The van der Waals surface area contributed by atoms with E-state index in [2.05, 4.69) is 88.3 Å². The van der Waals surface area contributed by atoms with Crippen LogP contribution >= 0.6 is 0 Å². The zero-order valence-electron chi connectivity index (χ0n) is 22.9. The van der Waals surface area contributed by atoms with E-state index in [0.29, 0.717) is 27.5 Å². The average molecular weight is 447 g/mol. The molecule has 0 unspecified atom stereocenters. The minimum absolute atomic E-state index is 0.428. The summed E-state index contributed by atoms with van der Waals surface area (Å²) in [7, 11) is -1.77. The van der Waals surface area contributed by atoms with Crippen LogP contribution < -0.4 is 0 Å². The van der Waals surface area contributed by atoms with Crippen molar-refractivity contribution >= 4 is 8.32 Å². The third-order valence-electron chi connectivity index (χ3n) is 10.1. The second-order valence-electron chi connectivity index (χ2n) is 12.6. The van der Waals surface area contributed by atoms with E-state index in [1.165, 1.54) is 44.1 Å². The lowest BCUT2D eigenvalue weighted by Crippen LogP contribution is -2.49. The van der Waals surface area contributed by atoms with Crippen molar-refractivity contribution in [1.82, 2.24) is 0 Å². The molecule has 1 nitrogen and oxygen atoms in total. The molecular weight excluding hydrogens is 392 g/mol. The Morgan fingerprint density at radius 1 is 1.10 bits per heavy atom. The first-order chi connectivity index (χ1) is 14.3. The van der Waals surface area contributed by atoms with Crippen LogP contribution in [0.1, 0.15) is 115 Å². The number of hydrogen-bond acceptors (Lipinski definition) is 1. The molecule has 0 aliphatic heterocycles. The Morgan fingerprint density at radius 2 is 1.68 bits per heavy atom. The minimum atomic E-state index is -1.77. The molecule has 2 aliphatic rings. The number of hydrogen-bond donors (Lipinski definition) is 0. The molecule has 0 amide bonds. The van der Waals surface area contributed by atoms with Crippen LogP contribution in [-0.4, -0.2) is 14.9 Å². The molecule has 0 saturated heterocycles. The summed E-state index contributed by atoms with van der Waals surface area (Å²) in [5.41, 5.74) is 6.04. The van der Waals surface area contributed by atoms with Gasteiger partial charge in [0.05, 0.1) is 6.61 Å². The van der Waals surface area contributed by atoms with Crippen LogP contribution in [0.3, 0.4) is 0 Å². The predicted octanol–water partition coefficient (Wildman–Crippen LogP) is 9.70. The quantitative estimate of drug-likeness (QED) is 0.253. The molecule has 31 heavy (non-hydrogen) atoms. The normalized spacial score (nSPS) is 32.6. The van der Waals surface area contributed by atoms with E-state index in [1.54, 1.807) is 5.57 Å². The first-order valence-electron chi connectivity index (χ1n) is 13.3. The lowest BCUT2D eigenvalue weighted by atomic mass is 9.47. The van der Waals surface area contributed by atoms with Gasteiger partial charge < -0.3 is 4.43 Å². The zero-order chi connectivity index (χ0) is 23.6. The van der Waals surface area contributed by atoms with Crippen molar-refractivity contribution in [2.75, 3.05) is 6.61 Å². The summed E-state index contributed by atoms with van der Waals surface area (Å²) in [6.45, 7) is 27.6.